The molecule has 1 aromatic heterocycles. The summed E-state index contributed by atoms with van der Waals surface area (Å²) in [5.74, 6) is 1.78. The molecule has 0 unspecified atom stereocenters. The van der Waals surface area contributed by atoms with Crippen molar-refractivity contribution in [2.45, 2.75) is 39.2 Å². The topological polar surface area (TPSA) is 32.3 Å². The summed E-state index contributed by atoms with van der Waals surface area (Å²) in [5, 5.41) is 0. The van der Waals surface area contributed by atoms with Crippen LogP contribution in [0.3, 0.4) is 0 Å². The normalized spacial score (nSPS) is 17.9. The molecule has 4 heteroatoms. The monoisotopic (exact) mass is 262 g/mol. The van der Waals surface area contributed by atoms with Crippen LogP contribution in [0.5, 0.6) is 0 Å². The van der Waals surface area contributed by atoms with Crippen molar-refractivity contribution < 1.29 is 0 Å². The fraction of sp³-hybridized carbons (Fsp3) is 0.733. The van der Waals surface area contributed by atoms with Crippen LogP contribution in [0.15, 0.2) is 12.4 Å². The van der Waals surface area contributed by atoms with Gasteiger partial charge in [-0.3, -0.25) is 0 Å². The van der Waals surface area contributed by atoms with Crippen LogP contribution in [0.1, 0.15) is 32.4 Å². The van der Waals surface area contributed by atoms with Crippen LogP contribution in [-0.4, -0.2) is 48.1 Å². The van der Waals surface area contributed by atoms with Crippen LogP contribution >= 0.6 is 0 Å². The number of aromatic nitrogens is 2. The zero-order valence-corrected chi connectivity index (χ0v) is 12.6. The van der Waals surface area contributed by atoms with E-state index in [1.807, 2.05) is 19.0 Å². The Hall–Kier alpha value is -1.16. The molecular formula is C15H26N4. The number of likely N-dealkylation sites (tertiary alicyclic amines) is 1. The Morgan fingerprint density at radius 1 is 1.26 bits per heavy atom. The molecule has 0 spiro atoms. The lowest BCUT2D eigenvalue weighted by molar-refractivity contribution is 0.149. The number of hydrogen-bond acceptors (Lipinski definition) is 4. The highest BCUT2D eigenvalue weighted by Crippen LogP contribution is 2.22. The summed E-state index contributed by atoms with van der Waals surface area (Å²) < 4.78 is 0. The van der Waals surface area contributed by atoms with Crippen LogP contribution in [0.25, 0.3) is 0 Å². The maximum Gasteiger partial charge on any atom is 0.131 e. The summed E-state index contributed by atoms with van der Waals surface area (Å²) in [7, 11) is 4.04. The fourth-order valence-corrected chi connectivity index (χ4v) is 2.71. The van der Waals surface area contributed by atoms with Gasteiger partial charge in [0.25, 0.3) is 0 Å². The van der Waals surface area contributed by atoms with E-state index in [-0.39, 0.29) is 0 Å². The van der Waals surface area contributed by atoms with Crippen molar-refractivity contribution in [1.82, 2.24) is 14.9 Å². The molecule has 1 aliphatic heterocycles. The van der Waals surface area contributed by atoms with E-state index in [9.17, 15) is 0 Å². The third-order valence-electron chi connectivity index (χ3n) is 4.04. The van der Waals surface area contributed by atoms with E-state index in [2.05, 4.69) is 34.8 Å². The second kappa shape index (κ2) is 6.33. The summed E-state index contributed by atoms with van der Waals surface area (Å²) >= 11 is 0. The van der Waals surface area contributed by atoms with E-state index >= 15 is 0 Å². The van der Waals surface area contributed by atoms with Gasteiger partial charge in [-0.2, -0.15) is 0 Å². The molecule has 0 atom stereocenters. The number of hydrogen-bond donors (Lipinski definition) is 0. The highest BCUT2D eigenvalue weighted by Gasteiger charge is 2.21. The first-order chi connectivity index (χ1) is 9.06. The average Bonchev–Trinajstić information content (AvgIpc) is 2.39. The maximum atomic E-state index is 4.42. The van der Waals surface area contributed by atoms with Gasteiger partial charge in [-0.05, 0) is 52.1 Å². The Bertz CT molecular complexity index is 395. The van der Waals surface area contributed by atoms with E-state index in [1.54, 1.807) is 6.33 Å². The number of piperidine rings is 1. The van der Waals surface area contributed by atoms with Crippen LogP contribution in [0.2, 0.25) is 0 Å². The SMILES string of the molecule is CC(C)N1CCC(Cc2cc(N(C)C)ncn2)CC1. The minimum absolute atomic E-state index is 0.681. The summed E-state index contributed by atoms with van der Waals surface area (Å²) in [6.07, 6.45) is 5.36. The molecule has 0 N–H and O–H groups in total. The third-order valence-corrected chi connectivity index (χ3v) is 4.04. The Morgan fingerprint density at radius 3 is 2.53 bits per heavy atom. The Morgan fingerprint density at radius 2 is 1.95 bits per heavy atom. The molecule has 0 aromatic carbocycles. The van der Waals surface area contributed by atoms with Gasteiger partial charge in [-0.25, -0.2) is 9.97 Å². The number of rotatable bonds is 4. The van der Waals surface area contributed by atoms with Crippen molar-refractivity contribution in [2.75, 3.05) is 32.1 Å². The lowest BCUT2D eigenvalue weighted by Gasteiger charge is -2.34. The molecule has 1 saturated heterocycles. The first-order valence-electron chi connectivity index (χ1n) is 7.28. The molecule has 2 heterocycles. The largest absolute Gasteiger partial charge is 0.363 e. The minimum atomic E-state index is 0.681. The molecule has 19 heavy (non-hydrogen) atoms. The van der Waals surface area contributed by atoms with Crippen LogP contribution < -0.4 is 4.90 Å². The van der Waals surface area contributed by atoms with Crippen LogP contribution in [0, 0.1) is 5.92 Å². The second-order valence-electron chi connectivity index (χ2n) is 6.04. The molecule has 106 valence electrons. The Labute approximate surface area is 116 Å². The van der Waals surface area contributed by atoms with Crippen molar-refractivity contribution in [3.05, 3.63) is 18.1 Å². The van der Waals surface area contributed by atoms with Crippen molar-refractivity contribution in [3.63, 3.8) is 0 Å². The van der Waals surface area contributed by atoms with Crippen molar-refractivity contribution >= 4 is 5.82 Å². The predicted octanol–water partition coefficient (Wildman–Crippen LogP) is 2.21. The van der Waals surface area contributed by atoms with Gasteiger partial charge in [0.1, 0.15) is 12.1 Å². The predicted molar refractivity (Wildman–Crippen MR) is 79.5 cm³/mol. The zero-order valence-electron chi connectivity index (χ0n) is 12.6. The van der Waals surface area contributed by atoms with Gasteiger partial charge >= 0.3 is 0 Å². The summed E-state index contributed by atoms with van der Waals surface area (Å²) in [4.78, 5) is 13.3. The van der Waals surface area contributed by atoms with E-state index < -0.39 is 0 Å². The standard InChI is InChI=1S/C15H26N4/c1-12(2)19-7-5-13(6-8-19)9-14-10-15(18(3)4)17-11-16-14/h10-13H,5-9H2,1-4H3. The molecule has 0 amide bonds. The Balaban J connectivity index is 1.90. The lowest BCUT2D eigenvalue weighted by Crippen LogP contribution is -2.38. The second-order valence-corrected chi connectivity index (χ2v) is 6.04. The highest BCUT2D eigenvalue weighted by molar-refractivity contribution is 5.36. The number of anilines is 1. The van der Waals surface area contributed by atoms with Crippen molar-refractivity contribution in [1.29, 1.82) is 0 Å². The number of nitrogens with zero attached hydrogens (tertiary/aromatic N) is 4. The molecule has 0 saturated carbocycles. The molecule has 2 rings (SSSR count). The van der Waals surface area contributed by atoms with Crippen LogP contribution in [0.4, 0.5) is 5.82 Å². The fourth-order valence-electron chi connectivity index (χ4n) is 2.71. The van der Waals surface area contributed by atoms with E-state index in [1.165, 1.54) is 31.6 Å². The van der Waals surface area contributed by atoms with Crippen LogP contribution in [-0.2, 0) is 6.42 Å². The molecule has 0 radical (unpaired) electrons. The molecule has 1 aliphatic rings. The molecule has 1 aromatic rings. The van der Waals surface area contributed by atoms with Gasteiger partial charge in [0, 0.05) is 31.9 Å². The van der Waals surface area contributed by atoms with Crippen molar-refractivity contribution in [3.8, 4) is 0 Å². The maximum absolute atomic E-state index is 4.42. The molecule has 4 nitrogen and oxygen atoms in total. The van der Waals surface area contributed by atoms with Crippen molar-refractivity contribution in [2.24, 2.45) is 5.92 Å². The molecule has 0 bridgehead atoms. The quantitative estimate of drug-likeness (QED) is 0.833. The lowest BCUT2D eigenvalue weighted by atomic mass is 9.91. The van der Waals surface area contributed by atoms with E-state index in [0.29, 0.717) is 6.04 Å². The summed E-state index contributed by atoms with van der Waals surface area (Å²) in [6, 6.07) is 2.80. The first-order valence-corrected chi connectivity index (χ1v) is 7.28. The van der Waals surface area contributed by atoms with Gasteiger partial charge in [-0.1, -0.05) is 0 Å². The Kier molecular flexibility index (Phi) is 4.75. The summed E-state index contributed by atoms with van der Waals surface area (Å²) in [5.41, 5.74) is 1.18. The molecule has 1 fully saturated rings. The van der Waals surface area contributed by atoms with E-state index in [4.69, 9.17) is 0 Å². The minimum Gasteiger partial charge on any atom is -0.363 e. The average molecular weight is 262 g/mol. The van der Waals surface area contributed by atoms with E-state index in [0.717, 1.165) is 18.2 Å². The third kappa shape index (κ3) is 3.90. The summed E-state index contributed by atoms with van der Waals surface area (Å²) in [6.45, 7) is 7.03. The van der Waals surface area contributed by atoms with Gasteiger partial charge in [0.05, 0.1) is 0 Å². The van der Waals surface area contributed by atoms with Gasteiger partial charge in [0.2, 0.25) is 0 Å². The van der Waals surface area contributed by atoms with Gasteiger partial charge in [0.15, 0.2) is 0 Å². The first kappa shape index (κ1) is 14.3. The zero-order chi connectivity index (χ0) is 13.8. The van der Waals surface area contributed by atoms with Gasteiger partial charge in [-0.15, -0.1) is 0 Å². The van der Waals surface area contributed by atoms with Gasteiger partial charge < -0.3 is 9.80 Å². The molecule has 0 aliphatic carbocycles. The molecular weight excluding hydrogens is 236 g/mol. The smallest absolute Gasteiger partial charge is 0.131 e. The highest BCUT2D eigenvalue weighted by atomic mass is 15.2.